The van der Waals surface area contributed by atoms with Crippen LogP contribution in [0.3, 0.4) is 0 Å². The lowest BCUT2D eigenvalue weighted by Crippen LogP contribution is -2.45. The zero-order valence-corrected chi connectivity index (χ0v) is 19.1. The fraction of sp³-hybridized carbons (Fsp3) is 0.333. The number of phenols is 1. The second-order valence-corrected chi connectivity index (χ2v) is 8.74. The van der Waals surface area contributed by atoms with Crippen molar-refractivity contribution in [2.75, 3.05) is 6.54 Å². The van der Waals surface area contributed by atoms with Crippen LogP contribution >= 0.6 is 0 Å². The summed E-state index contributed by atoms with van der Waals surface area (Å²) in [6.45, 7) is 5.39. The third-order valence-electron chi connectivity index (χ3n) is 5.99. The predicted octanol–water partition coefficient (Wildman–Crippen LogP) is 4.39. The summed E-state index contributed by atoms with van der Waals surface area (Å²) in [5.41, 5.74) is 2.27. The molecule has 6 nitrogen and oxygen atoms in total. The van der Waals surface area contributed by atoms with Crippen LogP contribution in [-0.4, -0.2) is 40.5 Å². The van der Waals surface area contributed by atoms with E-state index in [1.165, 1.54) is 0 Å². The molecule has 3 aromatic rings. The molecule has 3 aromatic carbocycles. The van der Waals surface area contributed by atoms with Gasteiger partial charge in [-0.2, -0.15) is 0 Å². The van der Waals surface area contributed by atoms with E-state index in [-0.39, 0.29) is 29.2 Å². The highest BCUT2D eigenvalue weighted by Gasteiger charge is 2.35. The summed E-state index contributed by atoms with van der Waals surface area (Å²) in [4.78, 5) is 27.8. The van der Waals surface area contributed by atoms with Crippen LogP contribution in [0, 0.1) is 0 Å². The minimum atomic E-state index is -0.546. The highest BCUT2D eigenvalue weighted by molar-refractivity contribution is 6.05. The van der Waals surface area contributed by atoms with Crippen molar-refractivity contribution in [3.63, 3.8) is 0 Å². The lowest BCUT2D eigenvalue weighted by molar-refractivity contribution is -0.125. The number of hydrogen-bond acceptors (Lipinski definition) is 4. The number of rotatable bonds is 7. The van der Waals surface area contributed by atoms with E-state index >= 15 is 0 Å². The highest BCUT2D eigenvalue weighted by Crippen LogP contribution is 2.31. The average Bonchev–Trinajstić information content (AvgIpc) is 3.32. The first-order chi connectivity index (χ1) is 15.9. The molecule has 2 N–H and O–H groups in total. The maximum atomic E-state index is 13.2. The third-order valence-corrected chi connectivity index (χ3v) is 5.99. The molecule has 1 saturated heterocycles. The largest absolute Gasteiger partial charge is 0.506 e. The highest BCUT2D eigenvalue weighted by atomic mass is 16.5. The number of nitrogens with one attached hydrogen (secondary N) is 1. The molecule has 1 atom stereocenters. The van der Waals surface area contributed by atoms with Crippen LogP contribution in [0.25, 0.3) is 10.8 Å². The lowest BCUT2D eigenvalue weighted by Gasteiger charge is -2.24. The molecule has 33 heavy (non-hydrogen) atoms. The minimum absolute atomic E-state index is 0.0374. The molecule has 1 unspecified atom stereocenters. The summed E-state index contributed by atoms with van der Waals surface area (Å²) in [5, 5.41) is 15.2. The number of ether oxygens (including phenoxy) is 1. The fourth-order valence-corrected chi connectivity index (χ4v) is 4.26. The normalized spacial score (nSPS) is 15.8. The second-order valence-electron chi connectivity index (χ2n) is 8.74. The number of benzene rings is 3. The van der Waals surface area contributed by atoms with Crippen LogP contribution in [0.15, 0.2) is 60.7 Å². The molecular formula is C27H30N2O4. The van der Waals surface area contributed by atoms with Crippen molar-refractivity contribution in [2.24, 2.45) is 0 Å². The molecule has 1 fully saturated rings. The van der Waals surface area contributed by atoms with Crippen molar-refractivity contribution in [2.45, 2.75) is 52.0 Å². The van der Waals surface area contributed by atoms with Gasteiger partial charge in [0.05, 0.1) is 18.3 Å². The van der Waals surface area contributed by atoms with Gasteiger partial charge in [-0.15, -0.1) is 0 Å². The Morgan fingerprint density at radius 1 is 1.09 bits per heavy atom. The van der Waals surface area contributed by atoms with E-state index in [1.807, 2.05) is 62.4 Å². The van der Waals surface area contributed by atoms with Crippen LogP contribution < -0.4 is 5.32 Å². The first-order valence-electron chi connectivity index (χ1n) is 11.4. The van der Waals surface area contributed by atoms with E-state index in [1.54, 1.807) is 17.0 Å². The molecule has 0 saturated carbocycles. The van der Waals surface area contributed by atoms with Gasteiger partial charge >= 0.3 is 0 Å². The molecule has 6 heteroatoms. The molecule has 2 amide bonds. The molecule has 1 heterocycles. The first-order valence-corrected chi connectivity index (χ1v) is 11.4. The average molecular weight is 447 g/mol. The summed E-state index contributed by atoms with van der Waals surface area (Å²) in [6.07, 6.45) is 1.51. The Hall–Kier alpha value is -3.38. The van der Waals surface area contributed by atoms with Gasteiger partial charge in [-0.1, -0.05) is 54.6 Å². The first kappa shape index (κ1) is 22.8. The Kier molecular flexibility index (Phi) is 6.94. The molecule has 0 aromatic heterocycles. The van der Waals surface area contributed by atoms with Gasteiger partial charge in [0.15, 0.2) is 0 Å². The molecule has 172 valence electrons. The van der Waals surface area contributed by atoms with Crippen LogP contribution in [0.2, 0.25) is 0 Å². The van der Waals surface area contributed by atoms with E-state index in [0.717, 1.165) is 22.9 Å². The molecule has 0 aliphatic carbocycles. The molecule has 0 bridgehead atoms. The van der Waals surface area contributed by atoms with Crippen LogP contribution in [0.4, 0.5) is 0 Å². The summed E-state index contributed by atoms with van der Waals surface area (Å²) < 4.78 is 5.66. The molecule has 4 rings (SSSR count). The molecule has 1 aliphatic rings. The van der Waals surface area contributed by atoms with Gasteiger partial charge in [-0.05, 0) is 49.3 Å². The Morgan fingerprint density at radius 2 is 1.88 bits per heavy atom. The Morgan fingerprint density at radius 3 is 2.70 bits per heavy atom. The lowest BCUT2D eigenvalue weighted by atomic mass is 10.0. The number of hydrogen-bond donors (Lipinski definition) is 2. The zero-order chi connectivity index (χ0) is 23.4. The Balaban J connectivity index is 1.43. The van der Waals surface area contributed by atoms with E-state index < -0.39 is 6.04 Å². The van der Waals surface area contributed by atoms with Gasteiger partial charge in [0.25, 0.3) is 5.91 Å². The third kappa shape index (κ3) is 5.17. The number of nitrogens with zero attached hydrogens (tertiary/aromatic N) is 1. The number of aromatic hydroxyl groups is 1. The van der Waals surface area contributed by atoms with Crippen molar-refractivity contribution < 1.29 is 19.4 Å². The predicted molar refractivity (Wildman–Crippen MR) is 128 cm³/mol. The van der Waals surface area contributed by atoms with Crippen molar-refractivity contribution in [3.8, 4) is 5.75 Å². The molecular weight excluding hydrogens is 416 g/mol. The van der Waals surface area contributed by atoms with Crippen molar-refractivity contribution in [1.29, 1.82) is 0 Å². The standard InChI is InChI=1S/C27H30N2O4/c1-18(2)33-17-20-8-5-7-19(15-20)16-28-26(31)24-11-6-14-29(24)27(32)23-13-12-21-9-3-4-10-22(21)25(23)30/h3-5,7-10,12-13,15,18,24,30H,6,11,14,16-17H2,1-2H3,(H,28,31). The van der Waals surface area contributed by atoms with Gasteiger partial charge < -0.3 is 20.1 Å². The Labute approximate surface area is 194 Å². The number of fused-ring (bicyclic) bond motifs is 1. The van der Waals surface area contributed by atoms with Gasteiger partial charge in [0.1, 0.15) is 11.8 Å². The maximum Gasteiger partial charge on any atom is 0.258 e. The molecule has 0 spiro atoms. The molecule has 0 radical (unpaired) electrons. The van der Waals surface area contributed by atoms with Gasteiger partial charge in [-0.3, -0.25) is 9.59 Å². The monoisotopic (exact) mass is 446 g/mol. The Bertz CT molecular complexity index is 1160. The van der Waals surface area contributed by atoms with E-state index in [2.05, 4.69) is 5.32 Å². The SMILES string of the molecule is CC(C)OCc1cccc(CNC(=O)C2CCCN2C(=O)c2ccc3ccccc3c2O)c1. The number of phenolic OH excluding ortho intramolecular Hbond substituents is 1. The van der Waals surface area contributed by atoms with E-state index in [0.29, 0.717) is 31.5 Å². The topological polar surface area (TPSA) is 78.9 Å². The minimum Gasteiger partial charge on any atom is -0.506 e. The fourth-order valence-electron chi connectivity index (χ4n) is 4.26. The summed E-state index contributed by atoms with van der Waals surface area (Å²) in [7, 11) is 0. The van der Waals surface area contributed by atoms with E-state index in [9.17, 15) is 14.7 Å². The van der Waals surface area contributed by atoms with Gasteiger partial charge in [-0.25, -0.2) is 0 Å². The number of amides is 2. The number of carbonyl (C=O) groups excluding carboxylic acids is 2. The summed E-state index contributed by atoms with van der Waals surface area (Å²) >= 11 is 0. The van der Waals surface area contributed by atoms with E-state index in [4.69, 9.17) is 4.74 Å². The number of likely N-dealkylation sites (tertiary alicyclic amines) is 1. The number of carbonyl (C=O) groups is 2. The van der Waals surface area contributed by atoms with Crippen LogP contribution in [0.1, 0.15) is 48.2 Å². The van der Waals surface area contributed by atoms with Crippen molar-refractivity contribution in [3.05, 3.63) is 77.4 Å². The van der Waals surface area contributed by atoms with Gasteiger partial charge in [0, 0.05) is 18.5 Å². The summed E-state index contributed by atoms with van der Waals surface area (Å²) in [5.74, 6) is -0.529. The molecule has 1 aliphatic heterocycles. The maximum absolute atomic E-state index is 13.2. The van der Waals surface area contributed by atoms with Crippen LogP contribution in [-0.2, 0) is 22.7 Å². The second kappa shape index (κ2) is 10.0. The van der Waals surface area contributed by atoms with Crippen molar-refractivity contribution >= 4 is 22.6 Å². The smallest absolute Gasteiger partial charge is 0.258 e. The van der Waals surface area contributed by atoms with Crippen molar-refractivity contribution in [1.82, 2.24) is 10.2 Å². The summed E-state index contributed by atoms with van der Waals surface area (Å²) in [6, 6.07) is 18.2. The van der Waals surface area contributed by atoms with Crippen LogP contribution in [0.5, 0.6) is 5.75 Å². The zero-order valence-electron chi connectivity index (χ0n) is 19.1. The quantitative estimate of drug-likeness (QED) is 0.564. The van der Waals surface area contributed by atoms with Gasteiger partial charge in [0.2, 0.25) is 5.91 Å².